The molecular weight excluding hydrogens is 228 g/mol. The van der Waals surface area contributed by atoms with Gasteiger partial charge in [-0.3, -0.25) is 9.78 Å². The van der Waals surface area contributed by atoms with E-state index in [-0.39, 0.29) is 11.9 Å². The zero-order valence-corrected chi connectivity index (χ0v) is 9.91. The molecule has 18 heavy (non-hydrogen) atoms. The number of nitrogens with two attached hydrogens (primary N) is 1. The number of hydrogen-bond donors (Lipinski definition) is 1. The molecule has 1 aliphatic heterocycles. The largest absolute Gasteiger partial charge is 0.336 e. The van der Waals surface area contributed by atoms with Crippen LogP contribution in [0.2, 0.25) is 0 Å². The fourth-order valence-electron chi connectivity index (χ4n) is 2.19. The highest BCUT2D eigenvalue weighted by Gasteiger charge is 2.25. The molecule has 2 heterocycles. The van der Waals surface area contributed by atoms with Crippen LogP contribution in [0.15, 0.2) is 30.5 Å². The predicted octanol–water partition coefficient (Wildman–Crippen LogP) is 0.803. The lowest BCUT2D eigenvalue weighted by atomic mass is 10.3. The fourth-order valence-corrected chi connectivity index (χ4v) is 2.19. The average Bonchev–Trinajstić information content (AvgIpc) is 2.84. The number of nitrogens with zero attached hydrogens (tertiary/aromatic N) is 3. The predicted molar refractivity (Wildman–Crippen MR) is 68.0 cm³/mol. The lowest BCUT2D eigenvalue weighted by Crippen LogP contribution is -2.32. The number of rotatable bonds is 1. The van der Waals surface area contributed by atoms with Gasteiger partial charge < -0.3 is 10.6 Å². The van der Waals surface area contributed by atoms with Gasteiger partial charge in [0.2, 0.25) is 0 Å². The molecule has 1 amide bonds. The van der Waals surface area contributed by atoms with Gasteiger partial charge in [0.15, 0.2) is 0 Å². The molecule has 1 aromatic carbocycles. The summed E-state index contributed by atoms with van der Waals surface area (Å²) < 4.78 is 0. The van der Waals surface area contributed by atoms with Gasteiger partial charge in [0.25, 0.3) is 5.91 Å². The number of likely N-dealkylation sites (tertiary alicyclic amines) is 1. The minimum atomic E-state index is -0.0822. The van der Waals surface area contributed by atoms with E-state index in [1.54, 1.807) is 4.90 Å². The first-order valence-corrected chi connectivity index (χ1v) is 6.01. The molecule has 3 rings (SSSR count). The SMILES string of the molecule is N[C@H]1CCN(C(=O)c2cnc3ccccc3n2)C1. The van der Waals surface area contributed by atoms with Crippen molar-refractivity contribution in [1.29, 1.82) is 0 Å². The van der Waals surface area contributed by atoms with E-state index in [1.807, 2.05) is 24.3 Å². The minimum Gasteiger partial charge on any atom is -0.336 e. The summed E-state index contributed by atoms with van der Waals surface area (Å²) in [5, 5.41) is 0. The summed E-state index contributed by atoms with van der Waals surface area (Å²) in [7, 11) is 0. The van der Waals surface area contributed by atoms with Crippen LogP contribution in [0.4, 0.5) is 0 Å². The van der Waals surface area contributed by atoms with Crippen molar-refractivity contribution in [2.75, 3.05) is 13.1 Å². The van der Waals surface area contributed by atoms with Gasteiger partial charge in [-0.05, 0) is 18.6 Å². The maximum atomic E-state index is 12.2. The minimum absolute atomic E-state index is 0.0822. The van der Waals surface area contributed by atoms with Gasteiger partial charge >= 0.3 is 0 Å². The third kappa shape index (κ3) is 1.93. The van der Waals surface area contributed by atoms with Crippen molar-refractivity contribution in [2.24, 2.45) is 5.73 Å². The molecule has 1 fully saturated rings. The van der Waals surface area contributed by atoms with Crippen molar-refractivity contribution in [3.05, 3.63) is 36.2 Å². The average molecular weight is 242 g/mol. The second kappa shape index (κ2) is 4.34. The fraction of sp³-hybridized carbons (Fsp3) is 0.308. The van der Waals surface area contributed by atoms with E-state index in [1.165, 1.54) is 6.20 Å². The Bertz CT molecular complexity index is 598. The first-order valence-electron chi connectivity index (χ1n) is 6.01. The van der Waals surface area contributed by atoms with Gasteiger partial charge in [-0.25, -0.2) is 4.98 Å². The molecule has 1 saturated heterocycles. The second-order valence-electron chi connectivity index (χ2n) is 4.54. The number of amides is 1. The molecule has 0 radical (unpaired) electrons. The normalized spacial score (nSPS) is 19.4. The molecule has 1 atom stereocenters. The Labute approximate surface area is 105 Å². The Kier molecular flexibility index (Phi) is 2.68. The number of carbonyl (C=O) groups excluding carboxylic acids is 1. The summed E-state index contributed by atoms with van der Waals surface area (Å²) in [6.07, 6.45) is 2.39. The number of carbonyl (C=O) groups is 1. The third-order valence-electron chi connectivity index (χ3n) is 3.18. The topological polar surface area (TPSA) is 72.1 Å². The summed E-state index contributed by atoms with van der Waals surface area (Å²) in [6.45, 7) is 1.31. The molecule has 1 aromatic heterocycles. The van der Waals surface area contributed by atoms with Crippen LogP contribution in [-0.4, -0.2) is 39.9 Å². The van der Waals surface area contributed by atoms with Gasteiger partial charge in [-0.1, -0.05) is 12.1 Å². The maximum absolute atomic E-state index is 12.2. The number of fused-ring (bicyclic) bond motifs is 1. The summed E-state index contributed by atoms with van der Waals surface area (Å²) in [5.74, 6) is -0.0822. The number of para-hydroxylation sites is 2. The van der Waals surface area contributed by atoms with Crippen molar-refractivity contribution in [1.82, 2.24) is 14.9 Å². The lowest BCUT2D eigenvalue weighted by Gasteiger charge is -2.14. The quantitative estimate of drug-likeness (QED) is 0.803. The summed E-state index contributed by atoms with van der Waals surface area (Å²) in [6, 6.07) is 7.61. The molecule has 1 aliphatic rings. The van der Waals surface area contributed by atoms with Gasteiger partial charge in [-0.15, -0.1) is 0 Å². The van der Waals surface area contributed by atoms with E-state index < -0.39 is 0 Å². The van der Waals surface area contributed by atoms with E-state index in [0.29, 0.717) is 18.8 Å². The Morgan fingerprint density at radius 2 is 2.11 bits per heavy atom. The highest BCUT2D eigenvalue weighted by molar-refractivity contribution is 5.94. The number of benzene rings is 1. The van der Waals surface area contributed by atoms with E-state index in [2.05, 4.69) is 9.97 Å². The molecule has 5 nitrogen and oxygen atoms in total. The first kappa shape index (κ1) is 11.1. The monoisotopic (exact) mass is 242 g/mol. The molecule has 5 heteroatoms. The van der Waals surface area contributed by atoms with Crippen LogP contribution in [-0.2, 0) is 0 Å². The molecule has 2 N–H and O–H groups in total. The van der Waals surface area contributed by atoms with Crippen molar-refractivity contribution in [3.63, 3.8) is 0 Å². The Hall–Kier alpha value is -2.01. The summed E-state index contributed by atoms with van der Waals surface area (Å²) in [4.78, 5) is 22.5. The van der Waals surface area contributed by atoms with Crippen molar-refractivity contribution >= 4 is 16.9 Å². The highest BCUT2D eigenvalue weighted by Crippen LogP contribution is 2.13. The number of aromatic nitrogens is 2. The molecule has 0 spiro atoms. The molecule has 0 saturated carbocycles. The van der Waals surface area contributed by atoms with Crippen molar-refractivity contribution < 1.29 is 4.79 Å². The van der Waals surface area contributed by atoms with Crippen molar-refractivity contribution in [2.45, 2.75) is 12.5 Å². The van der Waals surface area contributed by atoms with Crippen LogP contribution >= 0.6 is 0 Å². The van der Waals surface area contributed by atoms with Crippen LogP contribution in [0.1, 0.15) is 16.9 Å². The zero-order valence-electron chi connectivity index (χ0n) is 9.91. The van der Waals surface area contributed by atoms with Crippen LogP contribution in [0.25, 0.3) is 11.0 Å². The van der Waals surface area contributed by atoms with Gasteiger partial charge in [-0.2, -0.15) is 0 Å². The van der Waals surface area contributed by atoms with E-state index >= 15 is 0 Å². The molecular formula is C13H14N4O. The van der Waals surface area contributed by atoms with Crippen LogP contribution in [0.5, 0.6) is 0 Å². The lowest BCUT2D eigenvalue weighted by molar-refractivity contribution is 0.0785. The maximum Gasteiger partial charge on any atom is 0.274 e. The summed E-state index contributed by atoms with van der Waals surface area (Å²) >= 11 is 0. The van der Waals surface area contributed by atoms with Crippen LogP contribution in [0, 0.1) is 0 Å². The Morgan fingerprint density at radius 1 is 1.33 bits per heavy atom. The molecule has 0 aliphatic carbocycles. The Morgan fingerprint density at radius 3 is 2.83 bits per heavy atom. The van der Waals surface area contributed by atoms with E-state index in [4.69, 9.17) is 5.73 Å². The molecule has 0 bridgehead atoms. The molecule has 2 aromatic rings. The van der Waals surface area contributed by atoms with E-state index in [9.17, 15) is 4.79 Å². The summed E-state index contributed by atoms with van der Waals surface area (Å²) in [5.41, 5.74) is 7.73. The highest BCUT2D eigenvalue weighted by atomic mass is 16.2. The third-order valence-corrected chi connectivity index (χ3v) is 3.18. The molecule has 92 valence electrons. The Balaban J connectivity index is 1.92. The standard InChI is InChI=1S/C13H14N4O/c14-9-5-6-17(8-9)13(18)12-7-15-10-3-1-2-4-11(10)16-12/h1-4,7,9H,5-6,8,14H2/t9-/m0/s1. The number of hydrogen-bond acceptors (Lipinski definition) is 4. The zero-order chi connectivity index (χ0) is 12.5. The van der Waals surface area contributed by atoms with Crippen molar-refractivity contribution in [3.8, 4) is 0 Å². The van der Waals surface area contributed by atoms with Crippen LogP contribution in [0.3, 0.4) is 0 Å². The van der Waals surface area contributed by atoms with Gasteiger partial charge in [0, 0.05) is 19.1 Å². The van der Waals surface area contributed by atoms with E-state index in [0.717, 1.165) is 17.5 Å². The van der Waals surface area contributed by atoms with Gasteiger partial charge in [0.05, 0.1) is 17.2 Å². The first-order chi connectivity index (χ1) is 8.74. The molecule has 0 unspecified atom stereocenters. The van der Waals surface area contributed by atoms with Gasteiger partial charge in [0.1, 0.15) is 5.69 Å². The second-order valence-corrected chi connectivity index (χ2v) is 4.54. The smallest absolute Gasteiger partial charge is 0.274 e. The van der Waals surface area contributed by atoms with Crippen LogP contribution < -0.4 is 5.73 Å².